The van der Waals surface area contributed by atoms with E-state index in [4.69, 9.17) is 10.8 Å². The zero-order valence-electron chi connectivity index (χ0n) is 9.16. The second kappa shape index (κ2) is 4.28. The van der Waals surface area contributed by atoms with Crippen LogP contribution in [0.2, 0.25) is 0 Å². The first-order valence-electron chi connectivity index (χ1n) is 5.01. The van der Waals surface area contributed by atoms with Crippen LogP contribution in [0.1, 0.15) is 10.4 Å². The molecule has 0 aromatic carbocycles. The summed E-state index contributed by atoms with van der Waals surface area (Å²) in [5.41, 5.74) is 4.28. The summed E-state index contributed by atoms with van der Waals surface area (Å²) in [6.07, 6.45) is 1.43. The predicted molar refractivity (Wildman–Crippen MR) is 62.2 cm³/mol. The summed E-state index contributed by atoms with van der Waals surface area (Å²) in [5, 5.41) is 9.26. The van der Waals surface area contributed by atoms with Crippen LogP contribution < -0.4 is 11.3 Å². The first kappa shape index (κ1) is 11.8. The molecule has 0 aliphatic carbocycles. The molecule has 18 heavy (non-hydrogen) atoms. The zero-order chi connectivity index (χ0) is 13.3. The molecule has 0 saturated heterocycles. The zero-order valence-corrected chi connectivity index (χ0v) is 9.16. The summed E-state index contributed by atoms with van der Waals surface area (Å²) in [6.45, 7) is -0.576. The first-order chi connectivity index (χ1) is 8.50. The highest BCUT2D eigenvalue weighted by Crippen LogP contribution is 2.10. The van der Waals surface area contributed by atoms with Crippen LogP contribution in [0.3, 0.4) is 0 Å². The summed E-state index contributed by atoms with van der Waals surface area (Å²) in [5.74, 6) is -2.10. The number of nitrogens with zero attached hydrogens (tertiary/aromatic N) is 2. The van der Waals surface area contributed by atoms with Crippen molar-refractivity contribution in [3.8, 4) is 0 Å². The van der Waals surface area contributed by atoms with Gasteiger partial charge in [-0.2, -0.15) is 0 Å². The van der Waals surface area contributed by atoms with E-state index in [-0.39, 0.29) is 11.2 Å². The Balaban J connectivity index is 2.85. The van der Waals surface area contributed by atoms with Crippen molar-refractivity contribution in [2.45, 2.75) is 6.54 Å². The number of primary amides is 1. The van der Waals surface area contributed by atoms with E-state index in [2.05, 4.69) is 4.98 Å². The standard InChI is InChI=1S/C11H9N3O4/c12-9(17)7-4-6-2-1-3-13-10(6)14(11(7)18)5-8(15)16/h1-4H,5H2,(H2,12,17)(H,15,16). The van der Waals surface area contributed by atoms with Gasteiger partial charge in [0.15, 0.2) is 0 Å². The van der Waals surface area contributed by atoms with E-state index in [1.807, 2.05) is 0 Å². The Hall–Kier alpha value is -2.70. The molecule has 2 rings (SSSR count). The highest BCUT2D eigenvalue weighted by atomic mass is 16.4. The Labute approximate surface area is 100 Å². The molecule has 1 amide bonds. The van der Waals surface area contributed by atoms with E-state index >= 15 is 0 Å². The van der Waals surface area contributed by atoms with Crippen molar-refractivity contribution in [2.75, 3.05) is 0 Å². The third kappa shape index (κ3) is 1.93. The highest BCUT2D eigenvalue weighted by molar-refractivity contribution is 5.95. The molecular formula is C11H9N3O4. The lowest BCUT2D eigenvalue weighted by Crippen LogP contribution is -2.32. The minimum Gasteiger partial charge on any atom is -0.480 e. The van der Waals surface area contributed by atoms with Gasteiger partial charge in [0.2, 0.25) is 0 Å². The Morgan fingerprint density at radius 3 is 2.78 bits per heavy atom. The maximum absolute atomic E-state index is 11.9. The fraction of sp³-hybridized carbons (Fsp3) is 0.0909. The summed E-state index contributed by atoms with van der Waals surface area (Å²) in [6, 6.07) is 4.54. The first-order valence-corrected chi connectivity index (χ1v) is 5.01. The molecule has 2 heterocycles. The topological polar surface area (TPSA) is 115 Å². The van der Waals surface area contributed by atoms with Crippen molar-refractivity contribution >= 4 is 22.9 Å². The number of hydrogen-bond acceptors (Lipinski definition) is 4. The SMILES string of the molecule is NC(=O)c1cc2cccnc2n(CC(=O)O)c1=O. The minimum atomic E-state index is -1.20. The smallest absolute Gasteiger partial charge is 0.323 e. The van der Waals surface area contributed by atoms with Gasteiger partial charge >= 0.3 is 5.97 Å². The highest BCUT2D eigenvalue weighted by Gasteiger charge is 2.15. The fourth-order valence-electron chi connectivity index (χ4n) is 1.66. The number of carbonyl (C=O) groups excluding carboxylic acids is 1. The molecule has 0 aliphatic heterocycles. The van der Waals surface area contributed by atoms with Gasteiger partial charge in [0.25, 0.3) is 11.5 Å². The van der Waals surface area contributed by atoms with Crippen molar-refractivity contribution in [1.82, 2.24) is 9.55 Å². The van der Waals surface area contributed by atoms with Crippen LogP contribution in [-0.2, 0) is 11.3 Å². The van der Waals surface area contributed by atoms with Gasteiger partial charge in [-0.25, -0.2) is 4.98 Å². The average Bonchev–Trinajstić information content (AvgIpc) is 2.31. The van der Waals surface area contributed by atoms with Gasteiger partial charge in [-0.1, -0.05) is 0 Å². The van der Waals surface area contributed by atoms with Gasteiger partial charge in [-0.05, 0) is 18.2 Å². The van der Waals surface area contributed by atoms with Gasteiger partial charge in [-0.15, -0.1) is 0 Å². The molecule has 0 radical (unpaired) electrons. The number of carboxylic acids is 1. The molecule has 0 saturated carbocycles. The molecule has 0 fully saturated rings. The van der Waals surface area contributed by atoms with Crippen LogP contribution in [0.25, 0.3) is 11.0 Å². The monoisotopic (exact) mass is 247 g/mol. The minimum absolute atomic E-state index is 0.204. The number of carbonyl (C=O) groups is 2. The lowest BCUT2D eigenvalue weighted by Gasteiger charge is -2.08. The Morgan fingerprint density at radius 2 is 2.17 bits per heavy atom. The number of pyridine rings is 2. The predicted octanol–water partition coefficient (Wildman–Crippen LogP) is -0.420. The molecule has 92 valence electrons. The van der Waals surface area contributed by atoms with E-state index in [9.17, 15) is 14.4 Å². The molecule has 2 aromatic rings. The summed E-state index contributed by atoms with van der Waals surface area (Å²) in [4.78, 5) is 37.7. The molecule has 0 spiro atoms. The van der Waals surface area contributed by atoms with E-state index in [1.165, 1.54) is 12.3 Å². The lowest BCUT2D eigenvalue weighted by atomic mass is 10.2. The normalized spacial score (nSPS) is 10.4. The summed E-state index contributed by atoms with van der Waals surface area (Å²) >= 11 is 0. The van der Waals surface area contributed by atoms with Gasteiger partial charge in [0.05, 0.1) is 0 Å². The van der Waals surface area contributed by atoms with E-state index in [0.29, 0.717) is 5.39 Å². The molecule has 0 bridgehead atoms. The van der Waals surface area contributed by atoms with Crippen LogP contribution in [0, 0.1) is 0 Å². The second-order valence-electron chi connectivity index (χ2n) is 3.62. The number of hydrogen-bond donors (Lipinski definition) is 2. The number of aromatic nitrogens is 2. The fourth-order valence-corrected chi connectivity index (χ4v) is 1.66. The van der Waals surface area contributed by atoms with Crippen LogP contribution in [0.4, 0.5) is 0 Å². The number of carboxylic acid groups (broad SMARTS) is 1. The maximum Gasteiger partial charge on any atom is 0.323 e. The molecular weight excluding hydrogens is 238 g/mol. The van der Waals surface area contributed by atoms with Gasteiger partial charge in [-0.3, -0.25) is 19.0 Å². The number of fused-ring (bicyclic) bond motifs is 1. The van der Waals surface area contributed by atoms with E-state index in [0.717, 1.165) is 4.57 Å². The van der Waals surface area contributed by atoms with Crippen molar-refractivity contribution in [3.05, 3.63) is 40.3 Å². The molecule has 0 aliphatic rings. The summed E-state index contributed by atoms with van der Waals surface area (Å²) in [7, 11) is 0. The number of aliphatic carboxylic acids is 1. The van der Waals surface area contributed by atoms with Crippen molar-refractivity contribution < 1.29 is 14.7 Å². The number of rotatable bonds is 3. The van der Waals surface area contributed by atoms with Crippen molar-refractivity contribution in [1.29, 1.82) is 0 Å². The van der Waals surface area contributed by atoms with Crippen LogP contribution in [0.15, 0.2) is 29.2 Å². The Morgan fingerprint density at radius 1 is 1.44 bits per heavy atom. The van der Waals surface area contributed by atoms with Crippen LogP contribution in [0.5, 0.6) is 0 Å². The average molecular weight is 247 g/mol. The maximum atomic E-state index is 11.9. The van der Waals surface area contributed by atoms with E-state index < -0.39 is 24.0 Å². The van der Waals surface area contributed by atoms with Crippen LogP contribution in [-0.4, -0.2) is 26.5 Å². The molecule has 7 nitrogen and oxygen atoms in total. The number of nitrogens with two attached hydrogens (primary N) is 1. The van der Waals surface area contributed by atoms with Gasteiger partial charge in [0, 0.05) is 11.6 Å². The van der Waals surface area contributed by atoms with Crippen LogP contribution >= 0.6 is 0 Å². The van der Waals surface area contributed by atoms with Crippen molar-refractivity contribution in [2.24, 2.45) is 5.73 Å². The molecule has 2 aromatic heterocycles. The van der Waals surface area contributed by atoms with Gasteiger partial charge in [0.1, 0.15) is 17.8 Å². The van der Waals surface area contributed by atoms with Crippen molar-refractivity contribution in [3.63, 3.8) is 0 Å². The number of amides is 1. The molecule has 0 atom stereocenters. The van der Waals surface area contributed by atoms with E-state index in [1.54, 1.807) is 12.1 Å². The Kier molecular flexibility index (Phi) is 2.80. The second-order valence-corrected chi connectivity index (χ2v) is 3.62. The third-order valence-electron chi connectivity index (χ3n) is 2.41. The third-order valence-corrected chi connectivity index (χ3v) is 2.41. The molecule has 7 heteroatoms. The Bertz CT molecular complexity index is 705. The quantitative estimate of drug-likeness (QED) is 0.764. The molecule has 3 N–H and O–H groups in total. The lowest BCUT2D eigenvalue weighted by molar-refractivity contribution is -0.137. The van der Waals surface area contributed by atoms with Gasteiger partial charge < -0.3 is 10.8 Å². The summed E-state index contributed by atoms with van der Waals surface area (Å²) < 4.78 is 0.914. The molecule has 0 unspecified atom stereocenters. The largest absolute Gasteiger partial charge is 0.480 e.